The van der Waals surface area contributed by atoms with E-state index >= 15 is 0 Å². The maximum absolute atomic E-state index is 13.4. The fraction of sp³-hybridized carbons (Fsp3) is 0.250. The van der Waals surface area contributed by atoms with Crippen LogP contribution in [0, 0.1) is 25.2 Å². The standard InChI is InChI=1S/C16H13F2N5O/c1-9-10(2)21-22(15(24)11(9)7-19)8-14-20-12-5-3-4-6-13(12)23(14)16(17)18/h3-6,16H,8H2,1-2H3. The predicted octanol–water partition coefficient (Wildman–Crippen LogP) is 2.52. The number of benzene rings is 1. The molecule has 3 rings (SSSR count). The first-order valence-corrected chi connectivity index (χ1v) is 7.16. The molecule has 0 saturated carbocycles. The van der Waals surface area contributed by atoms with E-state index in [1.54, 1.807) is 32.0 Å². The van der Waals surface area contributed by atoms with Crippen LogP contribution in [0.4, 0.5) is 8.78 Å². The van der Waals surface area contributed by atoms with E-state index < -0.39 is 12.1 Å². The van der Waals surface area contributed by atoms with Gasteiger partial charge in [0, 0.05) is 0 Å². The molecule has 122 valence electrons. The van der Waals surface area contributed by atoms with Gasteiger partial charge in [-0.25, -0.2) is 9.67 Å². The third-order valence-electron chi connectivity index (χ3n) is 3.90. The Balaban J connectivity index is 2.18. The van der Waals surface area contributed by atoms with Crippen LogP contribution in [-0.2, 0) is 6.54 Å². The zero-order chi connectivity index (χ0) is 17.4. The quantitative estimate of drug-likeness (QED) is 0.740. The normalized spacial score (nSPS) is 11.2. The van der Waals surface area contributed by atoms with E-state index in [1.807, 2.05) is 6.07 Å². The fourth-order valence-corrected chi connectivity index (χ4v) is 2.57. The topological polar surface area (TPSA) is 76.5 Å². The molecular weight excluding hydrogens is 316 g/mol. The first kappa shape index (κ1) is 15.8. The second kappa shape index (κ2) is 5.85. The number of aryl methyl sites for hydroxylation is 1. The van der Waals surface area contributed by atoms with Crippen molar-refractivity contribution in [1.82, 2.24) is 19.3 Å². The Morgan fingerprint density at radius 2 is 2.00 bits per heavy atom. The van der Waals surface area contributed by atoms with Crippen molar-refractivity contribution in [1.29, 1.82) is 5.26 Å². The molecule has 3 aromatic rings. The smallest absolute Gasteiger partial charge is 0.269 e. The Morgan fingerprint density at radius 3 is 2.67 bits per heavy atom. The molecule has 0 fully saturated rings. The average molecular weight is 329 g/mol. The van der Waals surface area contributed by atoms with E-state index in [2.05, 4.69) is 10.1 Å². The van der Waals surface area contributed by atoms with Gasteiger partial charge in [0.25, 0.3) is 5.56 Å². The number of hydrogen-bond acceptors (Lipinski definition) is 4. The SMILES string of the molecule is Cc1nn(Cc2nc3ccccc3n2C(F)F)c(=O)c(C#N)c1C. The molecular formula is C16H13F2N5O. The highest BCUT2D eigenvalue weighted by atomic mass is 19.3. The predicted molar refractivity (Wildman–Crippen MR) is 82.8 cm³/mol. The minimum Gasteiger partial charge on any atom is -0.269 e. The highest BCUT2D eigenvalue weighted by Crippen LogP contribution is 2.23. The molecule has 0 aliphatic carbocycles. The summed E-state index contributed by atoms with van der Waals surface area (Å²) in [5.41, 5.74) is 1.01. The molecule has 6 nitrogen and oxygen atoms in total. The monoisotopic (exact) mass is 329 g/mol. The van der Waals surface area contributed by atoms with Crippen molar-refractivity contribution in [3.05, 3.63) is 57.3 Å². The summed E-state index contributed by atoms with van der Waals surface area (Å²) in [7, 11) is 0. The Labute approximate surface area is 135 Å². The molecule has 24 heavy (non-hydrogen) atoms. The summed E-state index contributed by atoms with van der Waals surface area (Å²) < 4.78 is 28.7. The van der Waals surface area contributed by atoms with E-state index in [4.69, 9.17) is 5.26 Å². The van der Waals surface area contributed by atoms with Crippen molar-refractivity contribution < 1.29 is 8.78 Å². The van der Waals surface area contributed by atoms with Crippen LogP contribution in [0.1, 0.15) is 29.2 Å². The van der Waals surface area contributed by atoms with Gasteiger partial charge in [-0.05, 0) is 31.5 Å². The van der Waals surface area contributed by atoms with Crippen LogP contribution in [0.3, 0.4) is 0 Å². The zero-order valence-corrected chi connectivity index (χ0v) is 13.0. The number of para-hydroxylation sites is 2. The van der Waals surface area contributed by atoms with Crippen molar-refractivity contribution in [2.75, 3.05) is 0 Å². The fourth-order valence-electron chi connectivity index (χ4n) is 2.57. The van der Waals surface area contributed by atoms with Crippen LogP contribution in [0.15, 0.2) is 29.1 Å². The Kier molecular flexibility index (Phi) is 3.85. The number of alkyl halides is 2. The van der Waals surface area contributed by atoms with Gasteiger partial charge in [0.15, 0.2) is 0 Å². The van der Waals surface area contributed by atoms with E-state index in [0.29, 0.717) is 16.8 Å². The van der Waals surface area contributed by atoms with Gasteiger partial charge in [0.05, 0.1) is 16.7 Å². The van der Waals surface area contributed by atoms with Crippen molar-refractivity contribution in [3.63, 3.8) is 0 Å². The maximum Gasteiger partial charge on any atom is 0.320 e. The number of imidazole rings is 1. The minimum absolute atomic E-state index is 0.00735. The highest BCUT2D eigenvalue weighted by molar-refractivity contribution is 5.75. The van der Waals surface area contributed by atoms with Gasteiger partial charge >= 0.3 is 6.55 Å². The van der Waals surface area contributed by atoms with Crippen LogP contribution >= 0.6 is 0 Å². The van der Waals surface area contributed by atoms with Gasteiger partial charge in [0.1, 0.15) is 24.0 Å². The number of nitriles is 1. The second-order valence-corrected chi connectivity index (χ2v) is 5.32. The lowest BCUT2D eigenvalue weighted by Gasteiger charge is -2.11. The number of hydrogen-bond donors (Lipinski definition) is 0. The van der Waals surface area contributed by atoms with Gasteiger partial charge in [0.2, 0.25) is 0 Å². The summed E-state index contributed by atoms with van der Waals surface area (Å²) in [6.07, 6.45) is 0. The van der Waals surface area contributed by atoms with Gasteiger partial charge in [-0.2, -0.15) is 19.1 Å². The Morgan fingerprint density at radius 1 is 1.29 bits per heavy atom. The van der Waals surface area contributed by atoms with Gasteiger partial charge < -0.3 is 0 Å². The summed E-state index contributed by atoms with van der Waals surface area (Å²) in [5.74, 6) is 0.00735. The highest BCUT2D eigenvalue weighted by Gasteiger charge is 2.19. The van der Waals surface area contributed by atoms with Crippen molar-refractivity contribution in [2.45, 2.75) is 26.9 Å². The second-order valence-electron chi connectivity index (χ2n) is 5.32. The van der Waals surface area contributed by atoms with Crippen LogP contribution in [0.25, 0.3) is 11.0 Å². The molecule has 2 heterocycles. The van der Waals surface area contributed by atoms with E-state index in [1.165, 1.54) is 6.07 Å². The Hall–Kier alpha value is -3.08. The molecule has 0 spiro atoms. The molecule has 0 bridgehead atoms. The third-order valence-corrected chi connectivity index (χ3v) is 3.90. The summed E-state index contributed by atoms with van der Waals surface area (Å²) in [6, 6.07) is 8.34. The van der Waals surface area contributed by atoms with Crippen LogP contribution in [0.2, 0.25) is 0 Å². The van der Waals surface area contributed by atoms with Crippen molar-refractivity contribution in [3.8, 4) is 6.07 Å². The van der Waals surface area contributed by atoms with Crippen LogP contribution in [-0.4, -0.2) is 19.3 Å². The molecule has 0 unspecified atom stereocenters. The first-order chi connectivity index (χ1) is 11.4. The van der Waals surface area contributed by atoms with Crippen molar-refractivity contribution in [2.24, 2.45) is 0 Å². The number of rotatable bonds is 3. The lowest BCUT2D eigenvalue weighted by Crippen LogP contribution is -2.29. The number of nitrogens with zero attached hydrogens (tertiary/aromatic N) is 5. The summed E-state index contributed by atoms with van der Waals surface area (Å²) in [5, 5.41) is 13.2. The first-order valence-electron chi connectivity index (χ1n) is 7.16. The maximum atomic E-state index is 13.4. The summed E-state index contributed by atoms with van der Waals surface area (Å²) in [6.45, 7) is 0.238. The number of halogens is 2. The lowest BCUT2D eigenvalue weighted by molar-refractivity contribution is 0.0710. The van der Waals surface area contributed by atoms with E-state index in [0.717, 1.165) is 9.25 Å². The molecule has 0 N–H and O–H groups in total. The number of fused-ring (bicyclic) bond motifs is 1. The molecule has 0 atom stereocenters. The summed E-state index contributed by atoms with van der Waals surface area (Å²) >= 11 is 0. The molecule has 0 amide bonds. The van der Waals surface area contributed by atoms with Crippen LogP contribution < -0.4 is 5.56 Å². The molecule has 0 radical (unpaired) electrons. The summed E-state index contributed by atoms with van der Waals surface area (Å²) in [4.78, 5) is 16.5. The van der Waals surface area contributed by atoms with Crippen LogP contribution in [0.5, 0.6) is 0 Å². The van der Waals surface area contributed by atoms with E-state index in [-0.39, 0.29) is 23.4 Å². The minimum atomic E-state index is -2.80. The lowest BCUT2D eigenvalue weighted by atomic mass is 10.1. The molecule has 8 heteroatoms. The van der Waals surface area contributed by atoms with Crippen molar-refractivity contribution >= 4 is 11.0 Å². The van der Waals surface area contributed by atoms with E-state index in [9.17, 15) is 13.6 Å². The average Bonchev–Trinajstić information content (AvgIpc) is 2.91. The van der Waals surface area contributed by atoms with Gasteiger partial charge in [-0.1, -0.05) is 12.1 Å². The molecule has 0 saturated heterocycles. The Bertz CT molecular complexity index is 1030. The molecule has 1 aromatic carbocycles. The zero-order valence-electron chi connectivity index (χ0n) is 13.0. The van der Waals surface area contributed by atoms with Gasteiger partial charge in [-0.15, -0.1) is 0 Å². The molecule has 2 aromatic heterocycles. The van der Waals surface area contributed by atoms with Gasteiger partial charge in [-0.3, -0.25) is 9.36 Å². The number of aromatic nitrogens is 4. The molecule has 0 aliphatic heterocycles. The third kappa shape index (κ3) is 2.44. The molecule has 0 aliphatic rings. The largest absolute Gasteiger partial charge is 0.320 e.